The lowest BCUT2D eigenvalue weighted by Gasteiger charge is -2.20. The smallest absolute Gasteiger partial charge is 0.263 e. The van der Waals surface area contributed by atoms with Gasteiger partial charge in [0.1, 0.15) is 23.2 Å². The summed E-state index contributed by atoms with van der Waals surface area (Å²) in [5, 5.41) is 8.90. The number of rotatable bonds is 4. The number of hydrogen-bond acceptors (Lipinski definition) is 6. The fraction of sp³-hybridized carbons (Fsp3) is 0.143. The van der Waals surface area contributed by atoms with Gasteiger partial charge in [-0.1, -0.05) is 23.7 Å². The molecule has 5 rings (SSSR count). The largest absolute Gasteiger partial charge is 0.467 e. The van der Waals surface area contributed by atoms with Gasteiger partial charge in [-0.15, -0.1) is 11.3 Å². The molecule has 4 aromatic rings. The van der Waals surface area contributed by atoms with Gasteiger partial charge in [0, 0.05) is 11.4 Å². The minimum Gasteiger partial charge on any atom is -0.467 e. The Morgan fingerprint density at radius 2 is 2.07 bits per heavy atom. The van der Waals surface area contributed by atoms with Crippen molar-refractivity contribution in [1.29, 1.82) is 0 Å². The molecule has 0 N–H and O–H groups in total. The van der Waals surface area contributed by atoms with Crippen molar-refractivity contribution in [3.05, 3.63) is 87.1 Å². The lowest BCUT2D eigenvalue weighted by molar-refractivity contribution is -0.134. The molecule has 0 spiro atoms. The molecule has 1 aromatic carbocycles. The highest BCUT2D eigenvalue weighted by atomic mass is 35.5. The number of furan rings is 1. The zero-order valence-electron chi connectivity index (χ0n) is 15.6. The van der Waals surface area contributed by atoms with Crippen LogP contribution >= 0.6 is 22.9 Å². The van der Waals surface area contributed by atoms with Crippen LogP contribution in [-0.2, 0) is 11.3 Å². The molecule has 0 fully saturated rings. The number of amides is 1. The van der Waals surface area contributed by atoms with Gasteiger partial charge in [0.2, 0.25) is 0 Å². The number of carbonyl (C=O) groups is 1. The first kappa shape index (κ1) is 18.8. The van der Waals surface area contributed by atoms with E-state index in [1.54, 1.807) is 35.9 Å². The number of halogens is 1. The number of benzene rings is 1. The first-order valence-corrected chi connectivity index (χ1v) is 10.5. The molecule has 0 saturated carbocycles. The van der Waals surface area contributed by atoms with Crippen LogP contribution in [-0.4, -0.2) is 26.2 Å². The van der Waals surface area contributed by atoms with E-state index >= 15 is 0 Å². The first-order valence-electron chi connectivity index (χ1n) is 9.21. The van der Waals surface area contributed by atoms with Crippen LogP contribution in [0.15, 0.2) is 74.7 Å². The highest BCUT2D eigenvalue weighted by Crippen LogP contribution is 2.33. The van der Waals surface area contributed by atoms with Gasteiger partial charge in [-0.2, -0.15) is 5.10 Å². The molecule has 0 bridgehead atoms. The molecular weight excluding hydrogens is 424 g/mol. The van der Waals surface area contributed by atoms with E-state index in [0.29, 0.717) is 27.4 Å². The van der Waals surface area contributed by atoms with Crippen molar-refractivity contribution in [2.45, 2.75) is 19.0 Å². The molecule has 0 saturated heterocycles. The Kier molecular flexibility index (Phi) is 4.72. The van der Waals surface area contributed by atoms with Gasteiger partial charge in [0.15, 0.2) is 0 Å². The van der Waals surface area contributed by atoms with Crippen molar-refractivity contribution in [2.24, 2.45) is 5.10 Å². The number of carbonyl (C=O) groups excluding carboxylic acids is 1. The van der Waals surface area contributed by atoms with Gasteiger partial charge in [-0.05, 0) is 41.3 Å². The summed E-state index contributed by atoms with van der Waals surface area (Å²) in [4.78, 5) is 30.7. The van der Waals surface area contributed by atoms with Crippen LogP contribution in [0.25, 0.3) is 10.2 Å². The maximum atomic E-state index is 13.1. The maximum Gasteiger partial charge on any atom is 0.263 e. The quantitative estimate of drug-likeness (QED) is 0.480. The second kappa shape index (κ2) is 7.55. The Labute approximate surface area is 179 Å². The topological polar surface area (TPSA) is 80.7 Å². The predicted molar refractivity (Wildman–Crippen MR) is 115 cm³/mol. The lowest BCUT2D eigenvalue weighted by atomic mass is 10.0. The summed E-state index contributed by atoms with van der Waals surface area (Å²) in [5.74, 6) is 0.314. The Bertz CT molecular complexity index is 1310. The highest BCUT2D eigenvalue weighted by Gasteiger charge is 2.35. The average Bonchev–Trinajstić information content (AvgIpc) is 3.50. The van der Waals surface area contributed by atoms with Crippen molar-refractivity contribution in [3.8, 4) is 0 Å². The summed E-state index contributed by atoms with van der Waals surface area (Å²) in [6.07, 6.45) is 3.47. The molecule has 1 aliphatic rings. The van der Waals surface area contributed by atoms with E-state index in [9.17, 15) is 9.59 Å². The van der Waals surface area contributed by atoms with Crippen LogP contribution in [0.3, 0.4) is 0 Å². The standard InChI is InChI=1S/C21H15ClN4O3S/c22-14-5-3-13(4-6-14)16-10-17(18-2-1-8-29-18)26(24-16)19(27)11-25-12-23-20-15(21(25)28)7-9-30-20/h1-9,12,17H,10-11H2. The van der Waals surface area contributed by atoms with Crippen LogP contribution < -0.4 is 5.56 Å². The summed E-state index contributed by atoms with van der Waals surface area (Å²) in [7, 11) is 0. The van der Waals surface area contributed by atoms with Gasteiger partial charge in [0.05, 0.1) is 23.7 Å². The Hall–Kier alpha value is -3.23. The second-order valence-corrected chi connectivity index (χ2v) is 8.18. The minimum atomic E-state index is -0.383. The van der Waals surface area contributed by atoms with Crippen LogP contribution in [0.5, 0.6) is 0 Å². The normalized spacial score (nSPS) is 16.2. The fourth-order valence-corrected chi connectivity index (χ4v) is 4.33. The van der Waals surface area contributed by atoms with Crippen molar-refractivity contribution in [2.75, 3.05) is 0 Å². The Morgan fingerprint density at radius 3 is 2.83 bits per heavy atom. The van der Waals surface area contributed by atoms with Crippen LogP contribution in [0.2, 0.25) is 5.02 Å². The molecule has 1 amide bonds. The molecule has 1 aliphatic heterocycles. The van der Waals surface area contributed by atoms with Gasteiger partial charge in [-0.3, -0.25) is 14.2 Å². The molecule has 4 heterocycles. The number of hydrogen-bond donors (Lipinski definition) is 0. The van der Waals surface area contributed by atoms with Crippen molar-refractivity contribution in [1.82, 2.24) is 14.6 Å². The molecule has 150 valence electrons. The number of thiophene rings is 1. The SMILES string of the molecule is O=C(Cn1cnc2sccc2c1=O)N1N=C(c2ccc(Cl)cc2)CC1c1ccco1. The summed E-state index contributed by atoms with van der Waals surface area (Å²) in [6.45, 7) is -0.160. The molecule has 0 radical (unpaired) electrons. The lowest BCUT2D eigenvalue weighted by Crippen LogP contribution is -2.33. The number of nitrogens with zero attached hydrogens (tertiary/aromatic N) is 4. The summed E-state index contributed by atoms with van der Waals surface area (Å²) < 4.78 is 6.87. The molecular formula is C21H15ClN4O3S. The highest BCUT2D eigenvalue weighted by molar-refractivity contribution is 7.16. The van der Waals surface area contributed by atoms with Crippen molar-refractivity contribution >= 4 is 44.8 Å². The van der Waals surface area contributed by atoms with E-state index in [1.807, 2.05) is 18.2 Å². The van der Waals surface area contributed by atoms with E-state index in [1.165, 1.54) is 27.2 Å². The Morgan fingerprint density at radius 1 is 1.23 bits per heavy atom. The zero-order chi connectivity index (χ0) is 20.7. The van der Waals surface area contributed by atoms with Gasteiger partial charge in [0.25, 0.3) is 11.5 Å². The van der Waals surface area contributed by atoms with Gasteiger partial charge < -0.3 is 4.42 Å². The van der Waals surface area contributed by atoms with E-state index in [-0.39, 0.29) is 24.1 Å². The molecule has 1 unspecified atom stereocenters. The van der Waals surface area contributed by atoms with Crippen LogP contribution in [0, 0.1) is 0 Å². The molecule has 1 atom stereocenters. The maximum absolute atomic E-state index is 13.1. The molecule has 0 aliphatic carbocycles. The fourth-order valence-electron chi connectivity index (χ4n) is 3.48. The monoisotopic (exact) mass is 438 g/mol. The molecule has 3 aromatic heterocycles. The van der Waals surface area contributed by atoms with E-state index in [4.69, 9.17) is 16.0 Å². The third kappa shape index (κ3) is 3.34. The van der Waals surface area contributed by atoms with Crippen LogP contribution in [0.1, 0.15) is 23.8 Å². The molecule has 7 nitrogen and oxygen atoms in total. The predicted octanol–water partition coefficient (Wildman–Crippen LogP) is 4.08. The summed E-state index contributed by atoms with van der Waals surface area (Å²) >= 11 is 7.38. The van der Waals surface area contributed by atoms with E-state index < -0.39 is 0 Å². The third-order valence-electron chi connectivity index (χ3n) is 4.97. The first-order chi connectivity index (χ1) is 14.6. The van der Waals surface area contributed by atoms with Crippen LogP contribution in [0.4, 0.5) is 0 Å². The van der Waals surface area contributed by atoms with Gasteiger partial charge in [-0.25, -0.2) is 9.99 Å². The van der Waals surface area contributed by atoms with E-state index in [2.05, 4.69) is 10.1 Å². The average molecular weight is 439 g/mol. The molecule has 30 heavy (non-hydrogen) atoms. The van der Waals surface area contributed by atoms with Crippen molar-refractivity contribution in [3.63, 3.8) is 0 Å². The summed E-state index contributed by atoms with van der Waals surface area (Å²) in [5.41, 5.74) is 1.38. The number of fused-ring (bicyclic) bond motifs is 1. The molecule has 9 heteroatoms. The third-order valence-corrected chi connectivity index (χ3v) is 6.04. The van der Waals surface area contributed by atoms with E-state index in [0.717, 1.165) is 11.3 Å². The zero-order valence-corrected chi connectivity index (χ0v) is 17.1. The van der Waals surface area contributed by atoms with Crippen molar-refractivity contribution < 1.29 is 9.21 Å². The summed E-state index contributed by atoms with van der Waals surface area (Å²) in [6, 6.07) is 12.2. The number of hydrazone groups is 1. The number of aromatic nitrogens is 2. The Balaban J connectivity index is 1.48. The van der Waals surface area contributed by atoms with Gasteiger partial charge >= 0.3 is 0 Å². The minimum absolute atomic E-state index is 0.160. The second-order valence-electron chi connectivity index (χ2n) is 6.84.